The minimum absolute atomic E-state index is 0. The Bertz CT molecular complexity index is 796. The van der Waals surface area contributed by atoms with Crippen LogP contribution in [0.3, 0.4) is 0 Å². The van der Waals surface area contributed by atoms with Gasteiger partial charge in [-0.1, -0.05) is 90.2 Å². The molecule has 33 heavy (non-hydrogen) atoms. The molecule has 0 amide bonds. The van der Waals surface area contributed by atoms with Crippen molar-refractivity contribution < 1.29 is 61.6 Å². The third-order valence-corrected chi connectivity index (χ3v) is 6.16. The molecule has 0 saturated carbocycles. The molecular formula is C24H37NaO7S. The van der Waals surface area contributed by atoms with Gasteiger partial charge in [0, 0.05) is 0 Å². The van der Waals surface area contributed by atoms with E-state index in [0.29, 0.717) is 6.42 Å². The summed E-state index contributed by atoms with van der Waals surface area (Å²) < 4.78 is 44.1. The molecular weight excluding hydrogens is 455 g/mol. The summed E-state index contributed by atoms with van der Waals surface area (Å²) in [5, 5.41) is 0. The Hall–Kier alpha value is -0.930. The first-order valence-electron chi connectivity index (χ1n) is 11.7. The fraction of sp³-hybridized carbons (Fsp3) is 0.667. The molecule has 1 aromatic rings. The normalized spacial score (nSPS) is 12.0. The number of ether oxygens (including phenoxy) is 2. The van der Waals surface area contributed by atoms with E-state index in [4.69, 9.17) is 9.47 Å². The van der Waals surface area contributed by atoms with Crippen molar-refractivity contribution in [3.05, 3.63) is 35.4 Å². The number of esters is 2. The second-order valence-corrected chi connectivity index (χ2v) is 9.49. The minimum atomic E-state index is -4.81. The summed E-state index contributed by atoms with van der Waals surface area (Å²) in [4.78, 5) is 24.9. The van der Waals surface area contributed by atoms with Crippen LogP contribution in [-0.2, 0) is 19.6 Å². The molecule has 0 heterocycles. The molecule has 1 atom stereocenters. The number of hydrogen-bond acceptors (Lipinski definition) is 7. The van der Waals surface area contributed by atoms with Gasteiger partial charge in [0.25, 0.3) is 0 Å². The van der Waals surface area contributed by atoms with Crippen molar-refractivity contribution in [1.29, 1.82) is 0 Å². The van der Waals surface area contributed by atoms with E-state index in [1.807, 2.05) is 0 Å². The molecule has 0 radical (unpaired) electrons. The van der Waals surface area contributed by atoms with Crippen LogP contribution in [0.2, 0.25) is 0 Å². The molecule has 1 aromatic carbocycles. The number of carbonyl (C=O) groups excluding carboxylic acids is 2. The fourth-order valence-electron chi connectivity index (χ4n) is 3.35. The zero-order chi connectivity index (χ0) is 23.8. The van der Waals surface area contributed by atoms with Gasteiger partial charge in [0.15, 0.2) is 5.44 Å². The van der Waals surface area contributed by atoms with E-state index < -0.39 is 27.5 Å². The smallest absolute Gasteiger partial charge is 0.745 e. The standard InChI is InChI=1S/C24H38O7S.Na/c1-3-5-6-7-8-9-10-11-12-15-19-30-23(25)20-17-13-14-18-21(20)24(26)31-22(16-4-2)32(27,28)29;/h13-14,17-18,22H,3-12,15-16,19H2,1-2H3,(H,27,28,29);/q;+1/p-1. The van der Waals surface area contributed by atoms with Crippen LogP contribution in [0.25, 0.3) is 0 Å². The van der Waals surface area contributed by atoms with E-state index in [9.17, 15) is 22.6 Å². The molecule has 0 saturated heterocycles. The molecule has 0 aliphatic rings. The summed E-state index contributed by atoms with van der Waals surface area (Å²) in [5.74, 6) is -1.71. The van der Waals surface area contributed by atoms with Gasteiger partial charge in [-0.05, 0) is 25.0 Å². The van der Waals surface area contributed by atoms with Crippen molar-refractivity contribution in [1.82, 2.24) is 0 Å². The first kappa shape index (κ1) is 32.1. The number of unbranched alkanes of at least 4 members (excludes halogenated alkanes) is 9. The topological polar surface area (TPSA) is 110 Å². The molecule has 1 rings (SSSR count). The largest absolute Gasteiger partial charge is 1.00 e. The second-order valence-electron chi connectivity index (χ2n) is 7.98. The average Bonchev–Trinajstić information content (AvgIpc) is 2.76. The first-order chi connectivity index (χ1) is 15.3. The first-order valence-corrected chi connectivity index (χ1v) is 13.2. The number of carbonyl (C=O) groups is 2. The van der Waals surface area contributed by atoms with E-state index in [-0.39, 0.29) is 53.7 Å². The molecule has 0 aromatic heterocycles. The Morgan fingerprint density at radius 1 is 0.818 bits per heavy atom. The van der Waals surface area contributed by atoms with E-state index in [0.717, 1.165) is 19.3 Å². The van der Waals surface area contributed by atoms with Gasteiger partial charge in [0.2, 0.25) is 0 Å². The molecule has 0 N–H and O–H groups in total. The molecule has 0 bridgehead atoms. The molecule has 7 nitrogen and oxygen atoms in total. The van der Waals surface area contributed by atoms with Gasteiger partial charge in [-0.3, -0.25) is 0 Å². The molecule has 1 unspecified atom stereocenters. The van der Waals surface area contributed by atoms with Crippen LogP contribution in [0.15, 0.2) is 24.3 Å². The molecule has 0 fully saturated rings. The van der Waals surface area contributed by atoms with Crippen LogP contribution in [0.1, 0.15) is 112 Å². The summed E-state index contributed by atoms with van der Waals surface area (Å²) in [6, 6.07) is 5.86. The van der Waals surface area contributed by atoms with Crippen molar-refractivity contribution in [2.24, 2.45) is 0 Å². The van der Waals surface area contributed by atoms with Crippen LogP contribution in [-0.4, -0.2) is 37.0 Å². The predicted molar refractivity (Wildman–Crippen MR) is 122 cm³/mol. The van der Waals surface area contributed by atoms with Crippen LogP contribution in [0.4, 0.5) is 0 Å². The minimum Gasteiger partial charge on any atom is -0.745 e. The zero-order valence-electron chi connectivity index (χ0n) is 20.3. The number of rotatable bonds is 17. The summed E-state index contributed by atoms with van der Waals surface area (Å²) in [6.07, 6.45) is 11.9. The van der Waals surface area contributed by atoms with Gasteiger partial charge in [-0.15, -0.1) is 0 Å². The Morgan fingerprint density at radius 2 is 1.30 bits per heavy atom. The van der Waals surface area contributed by atoms with Crippen LogP contribution in [0, 0.1) is 0 Å². The van der Waals surface area contributed by atoms with Crippen molar-refractivity contribution in [2.75, 3.05) is 6.61 Å². The maximum absolute atomic E-state index is 12.4. The van der Waals surface area contributed by atoms with Gasteiger partial charge in [-0.25, -0.2) is 18.0 Å². The van der Waals surface area contributed by atoms with Crippen LogP contribution in [0.5, 0.6) is 0 Å². The summed E-state index contributed by atoms with van der Waals surface area (Å²) in [6.45, 7) is 4.12. The summed E-state index contributed by atoms with van der Waals surface area (Å²) >= 11 is 0. The number of hydrogen-bond donors (Lipinski definition) is 0. The monoisotopic (exact) mass is 492 g/mol. The predicted octanol–water partition coefficient (Wildman–Crippen LogP) is 2.60. The molecule has 0 aliphatic heterocycles. The van der Waals surface area contributed by atoms with Crippen LogP contribution < -0.4 is 29.6 Å². The van der Waals surface area contributed by atoms with E-state index >= 15 is 0 Å². The zero-order valence-corrected chi connectivity index (χ0v) is 23.2. The molecule has 9 heteroatoms. The fourth-order valence-corrected chi connectivity index (χ4v) is 4.08. The maximum Gasteiger partial charge on any atom is 1.00 e. The Balaban J connectivity index is 0.0000102. The SMILES string of the molecule is CCCCCCCCCCCCOC(=O)c1ccccc1C(=O)OC(CCC)S(=O)(=O)[O-].[Na+]. The van der Waals surface area contributed by atoms with Gasteiger partial charge in [-0.2, -0.15) is 0 Å². The van der Waals surface area contributed by atoms with Crippen molar-refractivity contribution in [3.8, 4) is 0 Å². The Morgan fingerprint density at radius 3 is 1.79 bits per heavy atom. The Kier molecular flexibility index (Phi) is 17.9. The summed E-state index contributed by atoms with van der Waals surface area (Å²) in [5.41, 5.74) is -1.91. The van der Waals surface area contributed by atoms with E-state index in [1.54, 1.807) is 13.0 Å². The van der Waals surface area contributed by atoms with Gasteiger partial charge in [0.05, 0.1) is 17.7 Å². The van der Waals surface area contributed by atoms with Crippen molar-refractivity contribution in [2.45, 2.75) is 96.3 Å². The second kappa shape index (κ2) is 18.4. The van der Waals surface area contributed by atoms with Gasteiger partial charge in [0.1, 0.15) is 10.1 Å². The quantitative estimate of drug-likeness (QED) is 0.142. The van der Waals surface area contributed by atoms with Gasteiger partial charge >= 0.3 is 41.5 Å². The third-order valence-electron chi connectivity index (χ3n) is 5.18. The van der Waals surface area contributed by atoms with Gasteiger partial charge < -0.3 is 14.0 Å². The molecule has 182 valence electrons. The van der Waals surface area contributed by atoms with Crippen LogP contribution >= 0.6 is 0 Å². The third kappa shape index (κ3) is 13.5. The van der Waals surface area contributed by atoms with E-state index in [2.05, 4.69) is 6.92 Å². The van der Waals surface area contributed by atoms with Crippen molar-refractivity contribution >= 4 is 22.1 Å². The average molecular weight is 493 g/mol. The van der Waals surface area contributed by atoms with E-state index in [1.165, 1.54) is 63.1 Å². The molecule has 0 spiro atoms. The Labute approximate surface area is 221 Å². The summed E-state index contributed by atoms with van der Waals surface area (Å²) in [7, 11) is -4.81. The number of benzene rings is 1. The molecule has 0 aliphatic carbocycles. The maximum atomic E-state index is 12.4. The van der Waals surface area contributed by atoms with Crippen molar-refractivity contribution in [3.63, 3.8) is 0 Å².